The molecular formula is C23H18FN5O. The third-order valence-corrected chi connectivity index (χ3v) is 5.31. The van der Waals surface area contributed by atoms with E-state index in [9.17, 15) is 4.39 Å². The summed E-state index contributed by atoms with van der Waals surface area (Å²) in [5.74, 6) is 0.507. The number of ether oxygens (including phenoxy) is 1. The standard InChI is InChI=1S/C23H18FN5O/c24-19-3-1-2-18(12-19)21-15-30-11-10-28(21)23-9-8-22-26-14-20(29(22)27-23)17-6-4-16(13-25)5-7-17/h1-9,12,14,21H,10-11,15H2/t21-/m0/s1. The number of hydrogen-bond donors (Lipinski definition) is 0. The SMILES string of the molecule is N#Cc1ccc(-c2cnc3ccc(N4CCOC[C@H]4c4cccc(F)c4)nn23)cc1. The summed E-state index contributed by atoms with van der Waals surface area (Å²) in [6, 6.07) is 19.8. The molecule has 5 rings (SSSR count). The van der Waals surface area contributed by atoms with Gasteiger partial charge in [-0.3, -0.25) is 0 Å². The maximum absolute atomic E-state index is 13.8. The summed E-state index contributed by atoms with van der Waals surface area (Å²) in [5.41, 5.74) is 3.96. The van der Waals surface area contributed by atoms with Crippen LogP contribution in [0.4, 0.5) is 10.2 Å². The maximum Gasteiger partial charge on any atom is 0.154 e. The van der Waals surface area contributed by atoms with E-state index < -0.39 is 0 Å². The third-order valence-electron chi connectivity index (χ3n) is 5.31. The molecule has 148 valence electrons. The number of fused-ring (bicyclic) bond motifs is 1. The average Bonchev–Trinajstić information content (AvgIpc) is 3.22. The Hall–Kier alpha value is -3.76. The van der Waals surface area contributed by atoms with E-state index in [-0.39, 0.29) is 11.9 Å². The van der Waals surface area contributed by atoms with Crippen LogP contribution in [-0.2, 0) is 4.74 Å². The Balaban J connectivity index is 1.55. The number of nitrogens with zero attached hydrogens (tertiary/aromatic N) is 5. The van der Waals surface area contributed by atoms with Crippen LogP contribution in [0.2, 0.25) is 0 Å². The van der Waals surface area contributed by atoms with Crippen molar-refractivity contribution in [3.8, 4) is 17.3 Å². The molecule has 0 saturated carbocycles. The molecule has 1 saturated heterocycles. The molecule has 0 radical (unpaired) electrons. The van der Waals surface area contributed by atoms with Gasteiger partial charge in [0, 0.05) is 12.1 Å². The second-order valence-corrected chi connectivity index (χ2v) is 7.13. The van der Waals surface area contributed by atoms with E-state index in [2.05, 4.69) is 16.0 Å². The molecule has 2 aromatic heterocycles. The average molecular weight is 399 g/mol. The molecule has 1 aliphatic rings. The number of rotatable bonds is 3. The van der Waals surface area contributed by atoms with E-state index in [1.54, 1.807) is 35.0 Å². The van der Waals surface area contributed by atoms with Gasteiger partial charge in [-0.15, -0.1) is 5.10 Å². The predicted molar refractivity (Wildman–Crippen MR) is 110 cm³/mol. The number of morpholine rings is 1. The van der Waals surface area contributed by atoms with Crippen LogP contribution in [0.5, 0.6) is 0 Å². The van der Waals surface area contributed by atoms with E-state index >= 15 is 0 Å². The second kappa shape index (κ2) is 7.58. The summed E-state index contributed by atoms with van der Waals surface area (Å²) in [5, 5.41) is 13.9. The first-order valence-corrected chi connectivity index (χ1v) is 9.68. The van der Waals surface area contributed by atoms with Gasteiger partial charge in [-0.1, -0.05) is 24.3 Å². The molecule has 0 bridgehead atoms. The van der Waals surface area contributed by atoms with Crippen LogP contribution in [0, 0.1) is 17.1 Å². The number of benzene rings is 2. The molecule has 1 atom stereocenters. The Bertz CT molecular complexity index is 1240. The van der Waals surface area contributed by atoms with E-state index in [0.29, 0.717) is 25.3 Å². The summed E-state index contributed by atoms with van der Waals surface area (Å²) < 4.78 is 21.3. The predicted octanol–water partition coefficient (Wildman–Crippen LogP) is 3.98. The molecule has 0 N–H and O–H groups in total. The molecule has 0 spiro atoms. The van der Waals surface area contributed by atoms with Crippen molar-refractivity contribution >= 4 is 11.5 Å². The lowest BCUT2D eigenvalue weighted by atomic mass is 10.0. The van der Waals surface area contributed by atoms with Gasteiger partial charge in [-0.05, 0) is 42.0 Å². The highest BCUT2D eigenvalue weighted by Gasteiger charge is 2.26. The smallest absolute Gasteiger partial charge is 0.154 e. The van der Waals surface area contributed by atoms with E-state index in [1.165, 1.54) is 6.07 Å². The quantitative estimate of drug-likeness (QED) is 0.521. The summed E-state index contributed by atoms with van der Waals surface area (Å²) in [6.07, 6.45) is 1.77. The van der Waals surface area contributed by atoms with Crippen LogP contribution in [0.15, 0.2) is 66.9 Å². The molecule has 4 aromatic rings. The van der Waals surface area contributed by atoms with Gasteiger partial charge in [0.15, 0.2) is 5.65 Å². The van der Waals surface area contributed by atoms with Gasteiger partial charge in [0.1, 0.15) is 11.6 Å². The largest absolute Gasteiger partial charge is 0.377 e. The van der Waals surface area contributed by atoms with Crippen molar-refractivity contribution < 1.29 is 9.13 Å². The highest BCUT2D eigenvalue weighted by Crippen LogP contribution is 2.30. The lowest BCUT2D eigenvalue weighted by Crippen LogP contribution is -2.40. The first kappa shape index (κ1) is 18.3. The molecule has 1 aliphatic heterocycles. The number of imidazole rings is 1. The van der Waals surface area contributed by atoms with Gasteiger partial charge in [0.2, 0.25) is 0 Å². The molecule has 30 heavy (non-hydrogen) atoms. The fourth-order valence-electron chi connectivity index (χ4n) is 3.80. The van der Waals surface area contributed by atoms with Crippen LogP contribution in [-0.4, -0.2) is 34.4 Å². The Morgan fingerprint density at radius 3 is 2.77 bits per heavy atom. The van der Waals surface area contributed by atoms with E-state index in [1.807, 2.05) is 30.3 Å². The molecule has 0 aliphatic carbocycles. The summed E-state index contributed by atoms with van der Waals surface area (Å²) >= 11 is 0. The molecule has 1 fully saturated rings. The zero-order valence-electron chi connectivity index (χ0n) is 16.1. The lowest BCUT2D eigenvalue weighted by Gasteiger charge is -2.36. The fraction of sp³-hybridized carbons (Fsp3) is 0.174. The number of hydrogen-bond acceptors (Lipinski definition) is 5. The molecule has 6 nitrogen and oxygen atoms in total. The van der Waals surface area contributed by atoms with Crippen molar-refractivity contribution in [2.24, 2.45) is 0 Å². The minimum Gasteiger partial charge on any atom is -0.377 e. The summed E-state index contributed by atoms with van der Waals surface area (Å²) in [6.45, 7) is 1.70. The zero-order chi connectivity index (χ0) is 20.5. The topological polar surface area (TPSA) is 66.5 Å². The summed E-state index contributed by atoms with van der Waals surface area (Å²) in [7, 11) is 0. The normalized spacial score (nSPS) is 16.5. The number of anilines is 1. The first-order chi connectivity index (χ1) is 14.7. The molecule has 3 heterocycles. The van der Waals surface area contributed by atoms with Gasteiger partial charge in [-0.2, -0.15) is 5.26 Å². The maximum atomic E-state index is 13.8. The van der Waals surface area contributed by atoms with E-state index in [0.717, 1.165) is 28.3 Å². The molecule has 0 amide bonds. The van der Waals surface area contributed by atoms with Gasteiger partial charge in [0.25, 0.3) is 0 Å². The van der Waals surface area contributed by atoms with Crippen LogP contribution in [0.25, 0.3) is 16.9 Å². The second-order valence-electron chi connectivity index (χ2n) is 7.13. The van der Waals surface area contributed by atoms with Crippen LogP contribution >= 0.6 is 0 Å². The van der Waals surface area contributed by atoms with Crippen molar-refractivity contribution in [1.29, 1.82) is 5.26 Å². The first-order valence-electron chi connectivity index (χ1n) is 9.68. The molecule has 2 aromatic carbocycles. The van der Waals surface area contributed by atoms with Crippen LogP contribution in [0.3, 0.4) is 0 Å². The fourth-order valence-corrected chi connectivity index (χ4v) is 3.80. The van der Waals surface area contributed by atoms with Crippen molar-refractivity contribution in [1.82, 2.24) is 14.6 Å². The minimum atomic E-state index is -0.265. The monoisotopic (exact) mass is 399 g/mol. The third kappa shape index (κ3) is 3.27. The van der Waals surface area contributed by atoms with Gasteiger partial charge < -0.3 is 9.64 Å². The van der Waals surface area contributed by atoms with Crippen molar-refractivity contribution in [3.05, 3.63) is 83.8 Å². The Morgan fingerprint density at radius 2 is 1.97 bits per heavy atom. The number of nitriles is 1. The zero-order valence-corrected chi connectivity index (χ0v) is 16.1. The van der Waals surface area contributed by atoms with Gasteiger partial charge in [-0.25, -0.2) is 13.9 Å². The lowest BCUT2D eigenvalue weighted by molar-refractivity contribution is 0.0935. The highest BCUT2D eigenvalue weighted by atomic mass is 19.1. The Morgan fingerprint density at radius 1 is 1.10 bits per heavy atom. The Kier molecular flexibility index (Phi) is 4.62. The molecule has 7 heteroatoms. The van der Waals surface area contributed by atoms with Crippen molar-refractivity contribution in [2.75, 3.05) is 24.7 Å². The minimum absolute atomic E-state index is 0.124. The van der Waals surface area contributed by atoms with E-state index in [4.69, 9.17) is 15.1 Å². The van der Waals surface area contributed by atoms with Crippen LogP contribution < -0.4 is 4.90 Å². The van der Waals surface area contributed by atoms with Crippen LogP contribution in [0.1, 0.15) is 17.2 Å². The highest BCUT2D eigenvalue weighted by molar-refractivity contribution is 5.64. The van der Waals surface area contributed by atoms with Gasteiger partial charge >= 0.3 is 0 Å². The van der Waals surface area contributed by atoms with Crippen molar-refractivity contribution in [2.45, 2.75) is 6.04 Å². The van der Waals surface area contributed by atoms with Crippen molar-refractivity contribution in [3.63, 3.8) is 0 Å². The van der Waals surface area contributed by atoms with Gasteiger partial charge in [0.05, 0.1) is 42.8 Å². The summed E-state index contributed by atoms with van der Waals surface area (Å²) in [4.78, 5) is 6.59. The number of aromatic nitrogens is 3. The Labute approximate surface area is 172 Å². The number of halogens is 1. The molecule has 0 unspecified atom stereocenters. The molecular weight excluding hydrogens is 381 g/mol.